The van der Waals surface area contributed by atoms with E-state index in [0.29, 0.717) is 25.7 Å². The van der Waals surface area contributed by atoms with Crippen LogP contribution in [0.25, 0.3) is 0 Å². The third-order valence-electron chi connectivity index (χ3n) is 12.8. The first kappa shape index (κ1) is 48.4. The van der Waals surface area contributed by atoms with Crippen LogP contribution >= 0.6 is 0 Å². The summed E-state index contributed by atoms with van der Waals surface area (Å²) >= 11 is 0. The molecule has 0 aromatic carbocycles. The van der Waals surface area contributed by atoms with Crippen LogP contribution in [-0.2, 0) is 14.4 Å². The normalized spacial score (nSPS) is 19.6. The molecule has 1 rings (SSSR count). The highest BCUT2D eigenvalue weighted by Gasteiger charge is 2.68. The average Bonchev–Trinajstić information content (AvgIpc) is 3.15. The van der Waals surface area contributed by atoms with Crippen molar-refractivity contribution < 1.29 is 29.7 Å². The van der Waals surface area contributed by atoms with Crippen LogP contribution < -0.4 is 0 Å². The van der Waals surface area contributed by atoms with Gasteiger partial charge in [0, 0.05) is 0 Å². The molecular formula is C46H86O6. The van der Waals surface area contributed by atoms with Crippen LogP contribution in [0.15, 0.2) is 0 Å². The van der Waals surface area contributed by atoms with Crippen molar-refractivity contribution in [1.29, 1.82) is 0 Å². The Morgan fingerprint density at radius 3 is 1.12 bits per heavy atom. The van der Waals surface area contributed by atoms with Gasteiger partial charge in [0.05, 0.1) is 5.41 Å². The van der Waals surface area contributed by atoms with E-state index in [1.54, 1.807) is 0 Å². The Hall–Kier alpha value is -1.59. The molecule has 3 N–H and O–H groups in total. The molecule has 0 bridgehead atoms. The number of carbonyl (C=O) groups is 3. The van der Waals surface area contributed by atoms with Crippen LogP contribution in [-0.4, -0.2) is 33.2 Å². The molecule has 1 fully saturated rings. The van der Waals surface area contributed by atoms with Crippen LogP contribution in [0, 0.1) is 16.7 Å². The average molecular weight is 735 g/mol. The van der Waals surface area contributed by atoms with Crippen molar-refractivity contribution in [1.82, 2.24) is 0 Å². The predicted molar refractivity (Wildman–Crippen MR) is 218 cm³/mol. The van der Waals surface area contributed by atoms with Gasteiger partial charge in [-0.25, -0.2) is 0 Å². The van der Waals surface area contributed by atoms with Crippen molar-refractivity contribution in [2.45, 2.75) is 258 Å². The molecule has 306 valence electrons. The maximum absolute atomic E-state index is 13.6. The first-order chi connectivity index (χ1) is 25.3. The molecule has 0 amide bonds. The fourth-order valence-electron chi connectivity index (χ4n) is 9.45. The monoisotopic (exact) mass is 735 g/mol. The van der Waals surface area contributed by atoms with E-state index in [2.05, 4.69) is 13.8 Å². The zero-order valence-corrected chi connectivity index (χ0v) is 34.5. The van der Waals surface area contributed by atoms with Crippen LogP contribution in [0.4, 0.5) is 0 Å². The molecule has 0 radical (unpaired) electrons. The van der Waals surface area contributed by atoms with Crippen molar-refractivity contribution in [2.75, 3.05) is 0 Å². The number of aliphatic carboxylic acids is 3. The molecule has 0 spiro atoms. The van der Waals surface area contributed by atoms with Crippen molar-refractivity contribution >= 4 is 17.9 Å². The van der Waals surface area contributed by atoms with E-state index in [9.17, 15) is 29.7 Å². The second-order valence-corrected chi connectivity index (χ2v) is 16.9. The summed E-state index contributed by atoms with van der Waals surface area (Å²) in [5, 5.41) is 32.7. The summed E-state index contributed by atoms with van der Waals surface area (Å²) in [7, 11) is 0. The first-order valence-corrected chi connectivity index (χ1v) is 23.0. The Morgan fingerprint density at radius 1 is 0.423 bits per heavy atom. The van der Waals surface area contributed by atoms with Crippen molar-refractivity contribution in [3.8, 4) is 0 Å². The van der Waals surface area contributed by atoms with E-state index >= 15 is 0 Å². The van der Waals surface area contributed by atoms with Gasteiger partial charge >= 0.3 is 17.9 Å². The molecule has 0 aromatic rings. The lowest BCUT2D eigenvalue weighted by Gasteiger charge is -2.47. The fourth-order valence-corrected chi connectivity index (χ4v) is 9.45. The summed E-state index contributed by atoms with van der Waals surface area (Å²) in [5.41, 5.74) is -4.11. The summed E-state index contributed by atoms with van der Waals surface area (Å²) < 4.78 is 0. The van der Waals surface area contributed by atoms with Gasteiger partial charge in [-0.2, -0.15) is 0 Å². The number of rotatable bonds is 33. The minimum Gasteiger partial charge on any atom is -0.481 e. The van der Waals surface area contributed by atoms with Gasteiger partial charge in [-0.15, -0.1) is 0 Å². The first-order valence-electron chi connectivity index (χ1n) is 23.0. The zero-order chi connectivity index (χ0) is 38.2. The Balaban J connectivity index is 2.79. The van der Waals surface area contributed by atoms with E-state index in [1.165, 1.54) is 135 Å². The molecule has 2 unspecified atom stereocenters. The molecule has 6 nitrogen and oxygen atoms in total. The lowest BCUT2D eigenvalue weighted by molar-refractivity contribution is -0.195. The van der Waals surface area contributed by atoms with Crippen molar-refractivity contribution in [3.63, 3.8) is 0 Å². The largest absolute Gasteiger partial charge is 0.481 e. The highest BCUT2D eigenvalue weighted by Crippen LogP contribution is 2.56. The number of hydrogen-bond donors (Lipinski definition) is 3. The minimum atomic E-state index is -2.30. The third kappa shape index (κ3) is 18.6. The number of unbranched alkanes of at least 4 members (excludes halogenated alkanes) is 26. The van der Waals surface area contributed by atoms with E-state index < -0.39 is 34.7 Å². The molecule has 0 aliphatic heterocycles. The highest BCUT2D eigenvalue weighted by molar-refractivity contribution is 6.04. The predicted octanol–water partition coefficient (Wildman–Crippen LogP) is 14.7. The lowest BCUT2D eigenvalue weighted by Crippen LogP contribution is -2.60. The summed E-state index contributed by atoms with van der Waals surface area (Å²) in [6, 6.07) is 0. The molecule has 0 heterocycles. The van der Waals surface area contributed by atoms with Gasteiger partial charge in [-0.3, -0.25) is 14.4 Å². The summed E-state index contributed by atoms with van der Waals surface area (Å²) in [6.07, 6.45) is 40.2. The Bertz CT molecular complexity index is 872. The lowest BCUT2D eigenvalue weighted by atomic mass is 9.51. The second kappa shape index (κ2) is 31.7. The molecule has 1 saturated carbocycles. The molecular weight excluding hydrogens is 649 g/mol. The van der Waals surface area contributed by atoms with Gasteiger partial charge in [-0.1, -0.05) is 232 Å². The highest BCUT2D eigenvalue weighted by atomic mass is 16.4. The standard InChI is InChI=1S/C46H86O6/c1-3-5-7-9-11-13-15-17-18-19-20-21-23-25-29-33-37-41-38-34-30-26-28-32-36-40-46(43(49)50,44(51)52)45(41,42(47)48)39-35-31-27-24-22-16-14-12-10-8-6-4-2/h41H,3-40H2,1-2H3,(H,47,48)(H,49,50)(H,51,52). The van der Waals surface area contributed by atoms with Crippen LogP contribution in [0.3, 0.4) is 0 Å². The van der Waals surface area contributed by atoms with Gasteiger partial charge in [-0.05, 0) is 31.6 Å². The van der Waals surface area contributed by atoms with E-state index in [0.717, 1.165) is 70.6 Å². The van der Waals surface area contributed by atoms with Gasteiger partial charge in [0.1, 0.15) is 0 Å². The number of carboxylic acids is 3. The van der Waals surface area contributed by atoms with Crippen molar-refractivity contribution in [3.05, 3.63) is 0 Å². The minimum absolute atomic E-state index is 0.0995. The molecule has 6 heteroatoms. The topological polar surface area (TPSA) is 112 Å². The zero-order valence-electron chi connectivity index (χ0n) is 34.5. The van der Waals surface area contributed by atoms with Gasteiger partial charge < -0.3 is 15.3 Å². The summed E-state index contributed by atoms with van der Waals surface area (Å²) in [6.45, 7) is 4.51. The molecule has 0 saturated heterocycles. The Labute approximate surface area is 321 Å². The number of carboxylic acid groups (broad SMARTS) is 3. The van der Waals surface area contributed by atoms with E-state index in [-0.39, 0.29) is 12.8 Å². The Morgan fingerprint density at radius 2 is 0.750 bits per heavy atom. The Kier molecular flexibility index (Phi) is 29.6. The maximum atomic E-state index is 13.6. The quantitative estimate of drug-likeness (QED) is 0.0457. The molecule has 1 aliphatic rings. The van der Waals surface area contributed by atoms with Crippen LogP contribution in [0.5, 0.6) is 0 Å². The van der Waals surface area contributed by atoms with Crippen LogP contribution in [0.1, 0.15) is 258 Å². The molecule has 0 aromatic heterocycles. The maximum Gasteiger partial charge on any atom is 0.322 e. The van der Waals surface area contributed by atoms with Crippen molar-refractivity contribution in [2.24, 2.45) is 16.7 Å². The molecule has 1 aliphatic carbocycles. The van der Waals surface area contributed by atoms with Gasteiger partial charge in [0.15, 0.2) is 5.41 Å². The number of hydrogen-bond acceptors (Lipinski definition) is 3. The van der Waals surface area contributed by atoms with Crippen LogP contribution in [0.2, 0.25) is 0 Å². The van der Waals surface area contributed by atoms with Gasteiger partial charge in [0.2, 0.25) is 0 Å². The van der Waals surface area contributed by atoms with E-state index in [1.807, 2.05) is 0 Å². The van der Waals surface area contributed by atoms with E-state index in [4.69, 9.17) is 0 Å². The second-order valence-electron chi connectivity index (χ2n) is 16.9. The summed E-state index contributed by atoms with van der Waals surface area (Å²) in [5.74, 6) is -4.54. The van der Waals surface area contributed by atoms with Gasteiger partial charge in [0.25, 0.3) is 0 Å². The SMILES string of the molecule is CCCCCCCCCCCCCCCCCCC1CCCCCCCCC(C(=O)O)(C(=O)O)C1(CCCCCCCCCCCCCC)C(=O)O. The smallest absolute Gasteiger partial charge is 0.322 e. The third-order valence-corrected chi connectivity index (χ3v) is 12.8. The fraction of sp³-hybridized carbons (Fsp3) is 0.935. The molecule has 52 heavy (non-hydrogen) atoms. The summed E-state index contributed by atoms with van der Waals surface area (Å²) in [4.78, 5) is 40.1. The molecule has 2 atom stereocenters.